The van der Waals surface area contributed by atoms with Crippen LogP contribution in [0.15, 0.2) is 36.4 Å². The lowest BCUT2D eigenvalue weighted by atomic mass is 10.1. The number of hydrogen-bond donors (Lipinski definition) is 1. The average Bonchev–Trinajstić information content (AvgIpc) is 2.33. The van der Waals surface area contributed by atoms with E-state index in [2.05, 4.69) is 5.32 Å². The van der Waals surface area contributed by atoms with Crippen LogP contribution in [0.4, 0.5) is 10.1 Å². The molecule has 1 nitrogen and oxygen atoms in total. The molecule has 2 aromatic carbocycles. The van der Waals surface area contributed by atoms with Gasteiger partial charge in [-0.25, -0.2) is 4.39 Å². The van der Waals surface area contributed by atoms with Crippen LogP contribution in [0.5, 0.6) is 0 Å². The van der Waals surface area contributed by atoms with Crippen molar-refractivity contribution in [3.8, 4) is 0 Å². The summed E-state index contributed by atoms with van der Waals surface area (Å²) in [5, 5.41) is 4.34. The Labute approximate surface area is 116 Å². The van der Waals surface area contributed by atoms with Crippen LogP contribution in [0.2, 0.25) is 10.0 Å². The van der Waals surface area contributed by atoms with Gasteiger partial charge in [0.1, 0.15) is 5.82 Å². The van der Waals surface area contributed by atoms with Crippen LogP contribution >= 0.6 is 23.2 Å². The molecule has 0 heterocycles. The summed E-state index contributed by atoms with van der Waals surface area (Å²) in [5.74, 6) is -0.270. The predicted molar refractivity (Wildman–Crippen MR) is 74.9 cm³/mol. The highest BCUT2D eigenvalue weighted by molar-refractivity contribution is 6.36. The molecule has 94 valence electrons. The van der Waals surface area contributed by atoms with Crippen molar-refractivity contribution < 1.29 is 4.39 Å². The molecule has 0 aliphatic heterocycles. The van der Waals surface area contributed by atoms with Gasteiger partial charge in [-0.2, -0.15) is 0 Å². The second-order valence-electron chi connectivity index (χ2n) is 4.01. The van der Waals surface area contributed by atoms with Gasteiger partial charge in [0, 0.05) is 27.8 Å². The molecule has 0 bridgehead atoms. The third-order valence-corrected chi connectivity index (χ3v) is 3.43. The maximum atomic E-state index is 13.1. The maximum absolute atomic E-state index is 13.1. The van der Waals surface area contributed by atoms with Crippen molar-refractivity contribution in [2.24, 2.45) is 0 Å². The van der Waals surface area contributed by atoms with E-state index in [0.717, 1.165) is 16.8 Å². The van der Waals surface area contributed by atoms with E-state index in [4.69, 9.17) is 23.2 Å². The first-order valence-corrected chi connectivity index (χ1v) is 6.26. The Balaban J connectivity index is 2.19. The molecule has 2 aromatic rings. The molecular weight excluding hydrogens is 272 g/mol. The first-order valence-electron chi connectivity index (χ1n) is 5.51. The quantitative estimate of drug-likeness (QED) is 0.831. The molecule has 0 saturated heterocycles. The summed E-state index contributed by atoms with van der Waals surface area (Å²) in [5.41, 5.74) is 2.52. The zero-order chi connectivity index (χ0) is 13.1. The van der Waals surface area contributed by atoms with Crippen molar-refractivity contribution in [2.75, 3.05) is 5.32 Å². The summed E-state index contributed by atoms with van der Waals surface area (Å²) in [6.07, 6.45) is 0. The Kier molecular flexibility index (Phi) is 4.10. The zero-order valence-corrected chi connectivity index (χ0v) is 11.3. The van der Waals surface area contributed by atoms with Gasteiger partial charge in [0.2, 0.25) is 0 Å². The van der Waals surface area contributed by atoms with Gasteiger partial charge in [-0.3, -0.25) is 0 Å². The number of aryl methyl sites for hydroxylation is 1. The van der Waals surface area contributed by atoms with Crippen molar-refractivity contribution >= 4 is 28.9 Å². The Bertz CT molecular complexity index is 549. The van der Waals surface area contributed by atoms with E-state index in [1.165, 1.54) is 12.1 Å². The van der Waals surface area contributed by atoms with E-state index < -0.39 is 0 Å². The molecule has 0 atom stereocenters. The van der Waals surface area contributed by atoms with Crippen LogP contribution in [0.3, 0.4) is 0 Å². The summed E-state index contributed by atoms with van der Waals surface area (Å²) in [6.45, 7) is 2.37. The molecule has 0 spiro atoms. The van der Waals surface area contributed by atoms with Gasteiger partial charge < -0.3 is 5.32 Å². The lowest BCUT2D eigenvalue weighted by molar-refractivity contribution is 0.628. The lowest BCUT2D eigenvalue weighted by Crippen LogP contribution is -2.02. The fourth-order valence-electron chi connectivity index (χ4n) is 1.67. The molecule has 4 heteroatoms. The highest BCUT2D eigenvalue weighted by Gasteiger charge is 2.06. The molecule has 0 aromatic heterocycles. The Morgan fingerprint density at radius 3 is 2.44 bits per heavy atom. The zero-order valence-electron chi connectivity index (χ0n) is 9.81. The van der Waals surface area contributed by atoms with E-state index in [0.29, 0.717) is 16.6 Å². The third kappa shape index (κ3) is 2.95. The molecule has 1 N–H and O–H groups in total. The largest absolute Gasteiger partial charge is 0.381 e. The van der Waals surface area contributed by atoms with E-state index in [9.17, 15) is 4.39 Å². The highest BCUT2D eigenvalue weighted by Crippen LogP contribution is 2.26. The predicted octanol–water partition coefficient (Wildman–Crippen LogP) is 5.05. The fraction of sp³-hybridized carbons (Fsp3) is 0.143. The molecule has 0 saturated carbocycles. The van der Waals surface area contributed by atoms with Crippen LogP contribution in [-0.4, -0.2) is 0 Å². The minimum Gasteiger partial charge on any atom is -0.381 e. The number of nitrogens with one attached hydrogen (secondary N) is 1. The molecule has 0 unspecified atom stereocenters. The Morgan fingerprint density at radius 1 is 1.11 bits per heavy atom. The first-order chi connectivity index (χ1) is 8.58. The number of hydrogen-bond acceptors (Lipinski definition) is 1. The molecule has 2 rings (SSSR count). The van der Waals surface area contributed by atoms with Gasteiger partial charge in [-0.1, -0.05) is 35.3 Å². The minimum absolute atomic E-state index is 0.270. The van der Waals surface area contributed by atoms with Crippen LogP contribution in [-0.2, 0) is 6.54 Å². The van der Waals surface area contributed by atoms with Crippen molar-refractivity contribution in [1.29, 1.82) is 0 Å². The topological polar surface area (TPSA) is 12.0 Å². The molecule has 0 aliphatic rings. The lowest BCUT2D eigenvalue weighted by Gasteiger charge is -2.12. The summed E-state index contributed by atoms with van der Waals surface area (Å²) in [4.78, 5) is 0. The van der Waals surface area contributed by atoms with Crippen molar-refractivity contribution in [3.05, 3.63) is 63.4 Å². The highest BCUT2D eigenvalue weighted by atomic mass is 35.5. The fourth-order valence-corrected chi connectivity index (χ4v) is 2.20. The molecule has 18 heavy (non-hydrogen) atoms. The number of rotatable bonds is 3. The molecule has 0 amide bonds. The minimum atomic E-state index is -0.270. The van der Waals surface area contributed by atoms with Gasteiger partial charge in [-0.15, -0.1) is 0 Å². The molecule has 0 fully saturated rings. The standard InChI is InChI=1S/C14H12Cl2FN/c1-9-5-6-10(17)7-14(9)18-8-11-12(15)3-2-4-13(11)16/h2-7,18H,8H2,1H3. The number of halogens is 3. The van der Waals surface area contributed by atoms with Crippen LogP contribution < -0.4 is 5.32 Å². The summed E-state index contributed by atoms with van der Waals surface area (Å²) < 4.78 is 13.1. The normalized spacial score (nSPS) is 10.4. The summed E-state index contributed by atoms with van der Waals surface area (Å²) in [7, 11) is 0. The molecule has 0 aliphatic carbocycles. The van der Waals surface area contributed by atoms with E-state index >= 15 is 0 Å². The van der Waals surface area contributed by atoms with E-state index in [1.54, 1.807) is 24.3 Å². The van der Waals surface area contributed by atoms with Gasteiger partial charge >= 0.3 is 0 Å². The van der Waals surface area contributed by atoms with Crippen molar-refractivity contribution in [3.63, 3.8) is 0 Å². The smallest absolute Gasteiger partial charge is 0.125 e. The van der Waals surface area contributed by atoms with E-state index in [-0.39, 0.29) is 5.82 Å². The first kappa shape index (κ1) is 13.2. The van der Waals surface area contributed by atoms with Crippen LogP contribution in [0, 0.1) is 12.7 Å². The second kappa shape index (κ2) is 5.59. The monoisotopic (exact) mass is 283 g/mol. The average molecular weight is 284 g/mol. The third-order valence-electron chi connectivity index (χ3n) is 2.72. The number of anilines is 1. The molecule has 0 radical (unpaired) electrons. The SMILES string of the molecule is Cc1ccc(F)cc1NCc1c(Cl)cccc1Cl. The second-order valence-corrected chi connectivity index (χ2v) is 4.83. The van der Waals surface area contributed by atoms with Crippen molar-refractivity contribution in [1.82, 2.24) is 0 Å². The van der Waals surface area contributed by atoms with Gasteiger partial charge in [0.05, 0.1) is 0 Å². The van der Waals surface area contributed by atoms with Crippen LogP contribution in [0.1, 0.15) is 11.1 Å². The number of benzene rings is 2. The van der Waals surface area contributed by atoms with Crippen molar-refractivity contribution in [2.45, 2.75) is 13.5 Å². The van der Waals surface area contributed by atoms with Gasteiger partial charge in [-0.05, 0) is 36.8 Å². The Morgan fingerprint density at radius 2 is 1.78 bits per heavy atom. The maximum Gasteiger partial charge on any atom is 0.125 e. The van der Waals surface area contributed by atoms with Gasteiger partial charge in [0.15, 0.2) is 0 Å². The Hall–Kier alpha value is -1.25. The van der Waals surface area contributed by atoms with Gasteiger partial charge in [0.25, 0.3) is 0 Å². The molecular formula is C14H12Cl2FN. The van der Waals surface area contributed by atoms with Crippen LogP contribution in [0.25, 0.3) is 0 Å². The summed E-state index contributed by atoms with van der Waals surface area (Å²) in [6, 6.07) is 9.97. The van der Waals surface area contributed by atoms with E-state index in [1.807, 2.05) is 6.92 Å². The summed E-state index contributed by atoms with van der Waals surface area (Å²) >= 11 is 12.1.